The van der Waals surface area contributed by atoms with Crippen molar-refractivity contribution < 1.29 is 27.4 Å². The Kier molecular flexibility index (Phi) is 9.16. The van der Waals surface area contributed by atoms with E-state index in [4.69, 9.17) is 14.2 Å². The fourth-order valence-electron chi connectivity index (χ4n) is 3.23. The van der Waals surface area contributed by atoms with Crippen LogP contribution in [0.2, 0.25) is 0 Å². The molecule has 0 bridgehead atoms. The van der Waals surface area contributed by atoms with Crippen molar-refractivity contribution in [1.82, 2.24) is 0 Å². The first-order chi connectivity index (χ1) is 12.5. The summed E-state index contributed by atoms with van der Waals surface area (Å²) in [4.78, 5) is 0. The maximum atomic E-state index is 12.2. The summed E-state index contributed by atoms with van der Waals surface area (Å²) in [6.45, 7) is 2.36. The second kappa shape index (κ2) is 11.1. The molecule has 3 nitrogen and oxygen atoms in total. The zero-order valence-electron chi connectivity index (χ0n) is 15.6. The molecule has 0 spiro atoms. The minimum atomic E-state index is -4.29. The Bertz CT molecular complexity index is 452. The molecule has 0 aromatic rings. The van der Waals surface area contributed by atoms with Crippen molar-refractivity contribution in [3.8, 4) is 0 Å². The van der Waals surface area contributed by atoms with Crippen LogP contribution in [-0.4, -0.2) is 38.4 Å². The smallest absolute Gasteiger partial charge is 0.364 e. The SMILES string of the molecule is CCCCCCCCC1COC(C2=CCC(OCC(F)(F)F)C=C2)OC1. The molecule has 0 N–H and O–H groups in total. The van der Waals surface area contributed by atoms with E-state index in [1.165, 1.54) is 38.5 Å². The van der Waals surface area contributed by atoms with Crippen molar-refractivity contribution in [2.75, 3.05) is 19.8 Å². The number of alkyl halides is 3. The summed E-state index contributed by atoms with van der Waals surface area (Å²) in [5.41, 5.74) is 0.870. The average Bonchev–Trinajstić information content (AvgIpc) is 2.63. The van der Waals surface area contributed by atoms with E-state index in [9.17, 15) is 13.2 Å². The van der Waals surface area contributed by atoms with E-state index in [1.807, 2.05) is 6.08 Å². The average molecular weight is 376 g/mol. The molecule has 1 aliphatic carbocycles. The highest BCUT2D eigenvalue weighted by atomic mass is 19.4. The zero-order valence-corrected chi connectivity index (χ0v) is 15.6. The summed E-state index contributed by atoms with van der Waals surface area (Å²) in [6.07, 6.45) is 9.25. The van der Waals surface area contributed by atoms with Crippen molar-refractivity contribution in [1.29, 1.82) is 0 Å². The summed E-state index contributed by atoms with van der Waals surface area (Å²) in [5, 5.41) is 0. The van der Waals surface area contributed by atoms with Gasteiger partial charge >= 0.3 is 6.18 Å². The van der Waals surface area contributed by atoms with Gasteiger partial charge in [-0.3, -0.25) is 0 Å². The minimum absolute atomic E-state index is 0.407. The molecule has 2 aliphatic rings. The molecule has 0 aromatic heterocycles. The Morgan fingerprint density at radius 2 is 1.77 bits per heavy atom. The van der Waals surface area contributed by atoms with E-state index in [-0.39, 0.29) is 0 Å². The Morgan fingerprint density at radius 1 is 1.08 bits per heavy atom. The fraction of sp³-hybridized carbons (Fsp3) is 0.800. The normalized spacial score (nSPS) is 26.8. The van der Waals surface area contributed by atoms with Crippen molar-refractivity contribution >= 4 is 0 Å². The van der Waals surface area contributed by atoms with Gasteiger partial charge < -0.3 is 14.2 Å². The molecule has 0 aromatic carbocycles. The lowest BCUT2D eigenvalue weighted by Gasteiger charge is -2.31. The van der Waals surface area contributed by atoms with Gasteiger partial charge in [0.05, 0.1) is 19.3 Å². The first kappa shape index (κ1) is 21.5. The van der Waals surface area contributed by atoms with Crippen LogP contribution < -0.4 is 0 Å². The number of hydrogen-bond acceptors (Lipinski definition) is 3. The van der Waals surface area contributed by atoms with Crippen LogP contribution in [0.15, 0.2) is 23.8 Å². The molecule has 1 fully saturated rings. The van der Waals surface area contributed by atoms with E-state index in [1.54, 1.807) is 12.2 Å². The highest BCUT2D eigenvalue weighted by molar-refractivity contribution is 5.27. The van der Waals surface area contributed by atoms with Gasteiger partial charge in [0.25, 0.3) is 0 Å². The van der Waals surface area contributed by atoms with Gasteiger partial charge in [-0.15, -0.1) is 0 Å². The summed E-state index contributed by atoms with van der Waals surface area (Å²) >= 11 is 0. The van der Waals surface area contributed by atoms with Crippen LogP contribution in [0, 0.1) is 5.92 Å². The molecule has 1 saturated heterocycles. The predicted molar refractivity (Wildman–Crippen MR) is 94.8 cm³/mol. The van der Waals surface area contributed by atoms with Crippen LogP contribution in [0.4, 0.5) is 13.2 Å². The lowest BCUT2D eigenvalue weighted by molar-refractivity contribution is -0.183. The summed E-state index contributed by atoms with van der Waals surface area (Å²) in [7, 11) is 0. The van der Waals surface area contributed by atoms with Gasteiger partial charge in [0.2, 0.25) is 0 Å². The van der Waals surface area contributed by atoms with Gasteiger partial charge in [-0.05, 0) is 12.8 Å². The molecule has 150 valence electrons. The van der Waals surface area contributed by atoms with E-state index >= 15 is 0 Å². The van der Waals surface area contributed by atoms with E-state index < -0.39 is 25.2 Å². The first-order valence-electron chi connectivity index (χ1n) is 9.77. The number of ether oxygens (including phenoxy) is 3. The highest BCUT2D eigenvalue weighted by Gasteiger charge is 2.30. The standard InChI is InChI=1S/C20H31F3O3/c1-2-3-4-5-6-7-8-16-13-24-19(25-14-16)17-9-11-18(12-10-17)26-15-20(21,22)23/h9-11,16,18-19H,2-8,12-15H2,1H3. The van der Waals surface area contributed by atoms with Gasteiger partial charge in [0.15, 0.2) is 6.29 Å². The maximum absolute atomic E-state index is 12.2. The third-order valence-electron chi connectivity index (χ3n) is 4.75. The van der Waals surface area contributed by atoms with Gasteiger partial charge in [0.1, 0.15) is 6.61 Å². The fourth-order valence-corrected chi connectivity index (χ4v) is 3.23. The van der Waals surface area contributed by atoms with Crippen molar-refractivity contribution in [2.45, 2.75) is 76.9 Å². The lowest BCUT2D eigenvalue weighted by Crippen LogP contribution is -2.33. The Labute approximate surface area is 154 Å². The summed E-state index contributed by atoms with van der Waals surface area (Å²) in [5.74, 6) is 0.438. The zero-order chi connectivity index (χ0) is 18.8. The Hall–Kier alpha value is -0.850. The van der Waals surface area contributed by atoms with Crippen LogP contribution in [-0.2, 0) is 14.2 Å². The largest absolute Gasteiger partial charge is 0.411 e. The first-order valence-corrected chi connectivity index (χ1v) is 9.77. The van der Waals surface area contributed by atoms with Crippen molar-refractivity contribution in [3.63, 3.8) is 0 Å². The van der Waals surface area contributed by atoms with Crippen LogP contribution in [0.5, 0.6) is 0 Å². The molecule has 0 radical (unpaired) electrons. The third kappa shape index (κ3) is 8.23. The van der Waals surface area contributed by atoms with Crippen molar-refractivity contribution in [2.24, 2.45) is 5.92 Å². The number of rotatable bonds is 10. The highest BCUT2D eigenvalue weighted by Crippen LogP contribution is 2.26. The molecule has 1 aliphatic heterocycles. The third-order valence-corrected chi connectivity index (χ3v) is 4.75. The summed E-state index contributed by atoms with van der Waals surface area (Å²) in [6, 6.07) is 0. The van der Waals surface area contributed by atoms with Crippen LogP contribution >= 0.6 is 0 Å². The number of hydrogen-bond donors (Lipinski definition) is 0. The topological polar surface area (TPSA) is 27.7 Å². The molecular formula is C20H31F3O3. The second-order valence-electron chi connectivity index (χ2n) is 7.18. The molecule has 1 heterocycles. The molecule has 6 heteroatoms. The molecule has 2 rings (SSSR count). The molecule has 1 unspecified atom stereocenters. The molecular weight excluding hydrogens is 345 g/mol. The molecule has 0 saturated carbocycles. The predicted octanol–water partition coefficient (Wildman–Crippen LogP) is 5.56. The van der Waals surface area contributed by atoms with Gasteiger partial charge in [-0.2, -0.15) is 13.2 Å². The van der Waals surface area contributed by atoms with Crippen molar-refractivity contribution in [3.05, 3.63) is 23.8 Å². The van der Waals surface area contributed by atoms with Crippen LogP contribution in [0.25, 0.3) is 0 Å². The van der Waals surface area contributed by atoms with E-state index in [0.29, 0.717) is 25.6 Å². The van der Waals surface area contributed by atoms with E-state index in [2.05, 4.69) is 6.92 Å². The monoisotopic (exact) mass is 376 g/mol. The van der Waals surface area contributed by atoms with Gasteiger partial charge in [-0.1, -0.05) is 63.7 Å². The second-order valence-corrected chi connectivity index (χ2v) is 7.18. The quantitative estimate of drug-likeness (QED) is 0.467. The summed E-state index contributed by atoms with van der Waals surface area (Å²) < 4.78 is 53.0. The Balaban J connectivity index is 1.60. The lowest BCUT2D eigenvalue weighted by atomic mass is 10.00. The Morgan fingerprint density at radius 3 is 2.38 bits per heavy atom. The van der Waals surface area contributed by atoms with E-state index in [0.717, 1.165) is 12.0 Å². The van der Waals surface area contributed by atoms with Crippen LogP contribution in [0.1, 0.15) is 58.3 Å². The number of halogens is 3. The van der Waals surface area contributed by atoms with Crippen LogP contribution in [0.3, 0.4) is 0 Å². The number of unbranched alkanes of at least 4 members (excludes halogenated alkanes) is 5. The molecule has 1 atom stereocenters. The maximum Gasteiger partial charge on any atom is 0.411 e. The minimum Gasteiger partial charge on any atom is -0.364 e. The molecule has 0 amide bonds. The molecule has 26 heavy (non-hydrogen) atoms. The van der Waals surface area contributed by atoms with Gasteiger partial charge in [0, 0.05) is 11.5 Å². The van der Waals surface area contributed by atoms with Gasteiger partial charge in [-0.25, -0.2) is 0 Å².